The Morgan fingerprint density at radius 2 is 1.83 bits per heavy atom. The molecule has 2 rings (SSSR count). The summed E-state index contributed by atoms with van der Waals surface area (Å²) >= 11 is 0. The van der Waals surface area contributed by atoms with Crippen LogP contribution >= 0.6 is 0 Å². The molecule has 7 nitrogen and oxygen atoms in total. The van der Waals surface area contributed by atoms with Gasteiger partial charge in [0.05, 0.1) is 13.2 Å². The minimum absolute atomic E-state index is 0.169. The van der Waals surface area contributed by atoms with Gasteiger partial charge in [0, 0.05) is 67.0 Å². The first-order chi connectivity index (χ1) is 10.9. The third-order valence-electron chi connectivity index (χ3n) is 5.37. The lowest BCUT2D eigenvalue weighted by Crippen LogP contribution is -2.50. The lowest BCUT2D eigenvalue weighted by Gasteiger charge is -2.42. The van der Waals surface area contributed by atoms with Crippen LogP contribution < -0.4 is 0 Å². The smallest absolute Gasteiger partial charge is 0.281 e. The van der Waals surface area contributed by atoms with Crippen LogP contribution in [0.4, 0.5) is 0 Å². The summed E-state index contributed by atoms with van der Waals surface area (Å²) in [5.74, 6) is 0.466. The second-order valence-corrected chi connectivity index (χ2v) is 9.07. The van der Waals surface area contributed by atoms with E-state index in [4.69, 9.17) is 9.47 Å². The normalized spacial score (nSPS) is 26.4. The maximum Gasteiger partial charge on any atom is 0.281 e. The van der Waals surface area contributed by atoms with Crippen molar-refractivity contribution in [3.63, 3.8) is 0 Å². The number of likely N-dealkylation sites (tertiary alicyclic amines) is 1. The van der Waals surface area contributed by atoms with E-state index in [-0.39, 0.29) is 5.41 Å². The Bertz CT molecular complexity index is 475. The molecule has 1 atom stereocenters. The topological polar surface area (TPSA) is 62.3 Å². The molecule has 0 N–H and O–H groups in total. The average molecular weight is 349 g/mol. The number of nitrogens with zero attached hydrogens (tertiary/aromatic N) is 3. The van der Waals surface area contributed by atoms with E-state index in [1.54, 1.807) is 32.6 Å². The Hall–Kier alpha value is -0.250. The van der Waals surface area contributed by atoms with Crippen LogP contribution in [0.3, 0.4) is 0 Å². The van der Waals surface area contributed by atoms with Gasteiger partial charge in [0.2, 0.25) is 0 Å². The molecule has 2 fully saturated rings. The van der Waals surface area contributed by atoms with Crippen molar-refractivity contribution >= 4 is 10.2 Å². The van der Waals surface area contributed by atoms with Crippen molar-refractivity contribution in [2.45, 2.75) is 12.8 Å². The zero-order valence-corrected chi connectivity index (χ0v) is 15.6. The molecule has 0 saturated carbocycles. The van der Waals surface area contributed by atoms with E-state index >= 15 is 0 Å². The molecular weight excluding hydrogens is 318 g/mol. The van der Waals surface area contributed by atoms with Crippen LogP contribution in [0.1, 0.15) is 12.8 Å². The Morgan fingerprint density at radius 1 is 1.17 bits per heavy atom. The van der Waals surface area contributed by atoms with Crippen molar-refractivity contribution < 1.29 is 17.9 Å². The molecule has 2 aliphatic rings. The number of hydrogen-bond donors (Lipinski definition) is 0. The first-order valence-electron chi connectivity index (χ1n) is 8.23. The summed E-state index contributed by atoms with van der Waals surface area (Å²) < 4.78 is 38.2. The van der Waals surface area contributed by atoms with E-state index in [2.05, 4.69) is 4.90 Å². The molecule has 136 valence electrons. The fourth-order valence-corrected chi connectivity index (χ4v) is 5.03. The first kappa shape index (κ1) is 19.1. The number of hydrogen-bond acceptors (Lipinski definition) is 5. The number of ether oxygens (including phenoxy) is 2. The molecule has 0 aromatic heterocycles. The summed E-state index contributed by atoms with van der Waals surface area (Å²) in [4.78, 5) is 2.43. The Balaban J connectivity index is 2.04. The zero-order chi connectivity index (χ0) is 17.1. The fourth-order valence-electron chi connectivity index (χ4n) is 3.93. The Labute approximate surface area is 140 Å². The second-order valence-electron chi connectivity index (χ2n) is 6.93. The molecule has 0 radical (unpaired) electrons. The molecule has 0 unspecified atom stereocenters. The third kappa shape index (κ3) is 4.05. The summed E-state index contributed by atoms with van der Waals surface area (Å²) in [6, 6.07) is 0. The molecule has 0 amide bonds. The van der Waals surface area contributed by atoms with Gasteiger partial charge in [0.15, 0.2) is 0 Å². The van der Waals surface area contributed by atoms with Crippen LogP contribution in [-0.4, -0.2) is 96.2 Å². The number of rotatable bonds is 7. The van der Waals surface area contributed by atoms with Crippen molar-refractivity contribution in [3.8, 4) is 0 Å². The summed E-state index contributed by atoms with van der Waals surface area (Å²) in [6.45, 7) is 5.62. The average Bonchev–Trinajstić information content (AvgIpc) is 2.83. The van der Waals surface area contributed by atoms with Gasteiger partial charge in [0.25, 0.3) is 10.2 Å². The Kier molecular flexibility index (Phi) is 6.43. The van der Waals surface area contributed by atoms with E-state index in [0.717, 1.165) is 45.7 Å². The van der Waals surface area contributed by atoms with E-state index in [1.807, 2.05) is 0 Å². The minimum Gasteiger partial charge on any atom is -0.384 e. The van der Waals surface area contributed by atoms with Crippen LogP contribution in [0.25, 0.3) is 0 Å². The van der Waals surface area contributed by atoms with Gasteiger partial charge in [-0.25, -0.2) is 0 Å². The first-order valence-corrected chi connectivity index (χ1v) is 9.63. The summed E-state index contributed by atoms with van der Waals surface area (Å²) in [5.41, 5.74) is 0.169. The van der Waals surface area contributed by atoms with Gasteiger partial charge >= 0.3 is 0 Å². The molecular formula is C15H31N3O4S. The summed E-state index contributed by atoms with van der Waals surface area (Å²) in [7, 11) is 3.36. The zero-order valence-electron chi connectivity index (χ0n) is 14.8. The Morgan fingerprint density at radius 3 is 2.35 bits per heavy atom. The molecule has 0 bridgehead atoms. The second kappa shape index (κ2) is 7.76. The number of methoxy groups -OCH3 is 2. The van der Waals surface area contributed by atoms with Crippen molar-refractivity contribution in [1.82, 2.24) is 13.5 Å². The molecule has 0 aliphatic carbocycles. The van der Waals surface area contributed by atoms with Crippen molar-refractivity contribution in [3.05, 3.63) is 0 Å². The molecule has 1 spiro atoms. The molecule has 8 heteroatoms. The van der Waals surface area contributed by atoms with Crippen LogP contribution in [0.15, 0.2) is 0 Å². The molecule has 0 aromatic rings. The standard InChI is InChI=1S/C15H31N3O4S/c1-16(2)23(19,20)18-7-5-15(6-8-18)13-17(9-10-21-3)11-14(15)12-22-4/h14H,5-13H2,1-4H3/t14-/m1/s1. The van der Waals surface area contributed by atoms with Crippen LogP contribution in [0.2, 0.25) is 0 Å². The fraction of sp³-hybridized carbons (Fsp3) is 1.00. The van der Waals surface area contributed by atoms with Crippen molar-refractivity contribution in [2.75, 3.05) is 74.3 Å². The summed E-state index contributed by atoms with van der Waals surface area (Å²) in [5, 5.41) is 0. The van der Waals surface area contributed by atoms with Gasteiger partial charge < -0.3 is 14.4 Å². The summed E-state index contributed by atoms with van der Waals surface area (Å²) in [6.07, 6.45) is 1.80. The minimum atomic E-state index is -3.30. The third-order valence-corrected chi connectivity index (χ3v) is 7.31. The predicted octanol–water partition coefficient (Wildman–Crippen LogP) is 0.0996. The lowest BCUT2D eigenvalue weighted by atomic mass is 9.71. The van der Waals surface area contributed by atoms with E-state index in [0.29, 0.717) is 19.0 Å². The maximum absolute atomic E-state index is 12.3. The molecule has 23 heavy (non-hydrogen) atoms. The number of piperidine rings is 1. The quantitative estimate of drug-likeness (QED) is 0.652. The largest absolute Gasteiger partial charge is 0.384 e. The lowest BCUT2D eigenvalue weighted by molar-refractivity contribution is 0.0556. The van der Waals surface area contributed by atoms with E-state index in [9.17, 15) is 8.42 Å². The molecule has 0 aromatic carbocycles. The van der Waals surface area contributed by atoms with Gasteiger partial charge in [-0.2, -0.15) is 17.0 Å². The maximum atomic E-state index is 12.3. The van der Waals surface area contributed by atoms with Crippen molar-refractivity contribution in [1.29, 1.82) is 0 Å². The van der Waals surface area contributed by atoms with Crippen LogP contribution in [0.5, 0.6) is 0 Å². The molecule has 2 saturated heterocycles. The van der Waals surface area contributed by atoms with E-state index < -0.39 is 10.2 Å². The van der Waals surface area contributed by atoms with Gasteiger partial charge in [0.1, 0.15) is 0 Å². The highest BCUT2D eigenvalue weighted by Gasteiger charge is 2.49. The van der Waals surface area contributed by atoms with Crippen molar-refractivity contribution in [2.24, 2.45) is 11.3 Å². The van der Waals surface area contributed by atoms with Crippen LogP contribution in [0, 0.1) is 11.3 Å². The highest BCUT2D eigenvalue weighted by Crippen LogP contribution is 2.45. The van der Waals surface area contributed by atoms with Gasteiger partial charge in [-0.3, -0.25) is 0 Å². The highest BCUT2D eigenvalue weighted by molar-refractivity contribution is 7.86. The van der Waals surface area contributed by atoms with Gasteiger partial charge in [-0.1, -0.05) is 0 Å². The van der Waals surface area contributed by atoms with Crippen LogP contribution in [-0.2, 0) is 19.7 Å². The van der Waals surface area contributed by atoms with Gasteiger partial charge in [-0.05, 0) is 18.3 Å². The highest BCUT2D eigenvalue weighted by atomic mass is 32.2. The SMILES string of the molecule is COCCN1C[C@H](COC)C2(CCN(S(=O)(=O)N(C)C)CC2)C1. The monoisotopic (exact) mass is 349 g/mol. The predicted molar refractivity (Wildman–Crippen MR) is 89.5 cm³/mol. The van der Waals surface area contributed by atoms with Gasteiger partial charge in [-0.15, -0.1) is 0 Å². The molecule has 2 aliphatic heterocycles. The van der Waals surface area contributed by atoms with E-state index in [1.165, 1.54) is 4.31 Å². The molecule has 2 heterocycles.